The van der Waals surface area contributed by atoms with Gasteiger partial charge in [0.05, 0.1) is 0 Å². The molecule has 2 N–H and O–H groups in total. The SMILES string of the molecule is Cc1ccccc1CCNC(=O)NCCc1cccc(Br)c1. The Hall–Kier alpha value is -1.81. The maximum absolute atomic E-state index is 11.7. The van der Waals surface area contributed by atoms with Crippen molar-refractivity contribution in [3.8, 4) is 0 Å². The number of benzene rings is 2. The van der Waals surface area contributed by atoms with Crippen LogP contribution >= 0.6 is 15.9 Å². The van der Waals surface area contributed by atoms with Crippen LogP contribution in [0.1, 0.15) is 16.7 Å². The number of nitrogens with one attached hydrogen (secondary N) is 2. The molecule has 0 aliphatic carbocycles. The number of carbonyl (C=O) groups excluding carboxylic acids is 1. The van der Waals surface area contributed by atoms with E-state index in [0.717, 1.165) is 17.3 Å². The minimum absolute atomic E-state index is 0.108. The van der Waals surface area contributed by atoms with Gasteiger partial charge < -0.3 is 10.6 Å². The van der Waals surface area contributed by atoms with Gasteiger partial charge in [-0.05, 0) is 48.6 Å². The first-order chi connectivity index (χ1) is 10.6. The molecule has 0 unspecified atom stereocenters. The Balaban J connectivity index is 1.65. The Morgan fingerprint density at radius 2 is 1.73 bits per heavy atom. The van der Waals surface area contributed by atoms with Gasteiger partial charge in [-0.2, -0.15) is 0 Å². The molecular formula is C18H21BrN2O. The van der Waals surface area contributed by atoms with Crippen LogP contribution in [-0.2, 0) is 12.8 Å². The predicted octanol–water partition coefficient (Wildman–Crippen LogP) is 3.84. The van der Waals surface area contributed by atoms with Crippen LogP contribution in [-0.4, -0.2) is 19.1 Å². The summed E-state index contributed by atoms with van der Waals surface area (Å²) in [6.07, 6.45) is 1.68. The fourth-order valence-corrected chi connectivity index (χ4v) is 2.72. The van der Waals surface area contributed by atoms with Gasteiger partial charge in [-0.25, -0.2) is 4.79 Å². The smallest absolute Gasteiger partial charge is 0.314 e. The summed E-state index contributed by atoms with van der Waals surface area (Å²) in [7, 11) is 0. The van der Waals surface area contributed by atoms with Crippen LogP contribution in [0.15, 0.2) is 53.0 Å². The van der Waals surface area contributed by atoms with E-state index in [9.17, 15) is 4.79 Å². The molecule has 3 nitrogen and oxygen atoms in total. The largest absolute Gasteiger partial charge is 0.338 e. The minimum atomic E-state index is -0.108. The standard InChI is InChI=1S/C18H21BrN2O/c1-14-5-2-3-7-16(14)10-12-21-18(22)20-11-9-15-6-4-8-17(19)13-15/h2-8,13H,9-12H2,1H3,(H2,20,21,22). The Bertz CT molecular complexity index is 628. The van der Waals surface area contributed by atoms with Crippen LogP contribution in [0.2, 0.25) is 0 Å². The third-order valence-corrected chi connectivity index (χ3v) is 4.02. The maximum atomic E-state index is 11.7. The van der Waals surface area contributed by atoms with Crippen molar-refractivity contribution >= 4 is 22.0 Å². The maximum Gasteiger partial charge on any atom is 0.314 e. The van der Waals surface area contributed by atoms with Crippen LogP contribution in [0.4, 0.5) is 4.79 Å². The lowest BCUT2D eigenvalue weighted by Gasteiger charge is -2.09. The average molecular weight is 361 g/mol. The Labute approximate surface area is 140 Å². The summed E-state index contributed by atoms with van der Waals surface area (Å²) in [4.78, 5) is 11.7. The number of urea groups is 1. The third-order valence-electron chi connectivity index (χ3n) is 3.53. The van der Waals surface area contributed by atoms with E-state index in [1.54, 1.807) is 0 Å². The van der Waals surface area contributed by atoms with E-state index in [2.05, 4.69) is 57.8 Å². The van der Waals surface area contributed by atoms with Crippen molar-refractivity contribution in [2.75, 3.05) is 13.1 Å². The fourth-order valence-electron chi connectivity index (χ4n) is 2.28. The lowest BCUT2D eigenvalue weighted by molar-refractivity contribution is 0.241. The zero-order valence-corrected chi connectivity index (χ0v) is 14.3. The molecular weight excluding hydrogens is 340 g/mol. The molecule has 0 bridgehead atoms. The highest BCUT2D eigenvalue weighted by Crippen LogP contribution is 2.11. The quantitative estimate of drug-likeness (QED) is 0.807. The molecule has 0 spiro atoms. The number of carbonyl (C=O) groups is 1. The summed E-state index contributed by atoms with van der Waals surface area (Å²) in [6.45, 7) is 3.37. The van der Waals surface area contributed by atoms with Gasteiger partial charge in [0.15, 0.2) is 0 Å². The molecule has 2 amide bonds. The number of rotatable bonds is 6. The van der Waals surface area contributed by atoms with Crippen LogP contribution in [0.5, 0.6) is 0 Å². The van der Waals surface area contributed by atoms with Crippen LogP contribution in [0, 0.1) is 6.92 Å². The number of hydrogen-bond donors (Lipinski definition) is 2. The highest BCUT2D eigenvalue weighted by Gasteiger charge is 2.01. The first-order valence-electron chi connectivity index (χ1n) is 7.46. The lowest BCUT2D eigenvalue weighted by Crippen LogP contribution is -2.37. The molecule has 0 radical (unpaired) electrons. The van der Waals surface area contributed by atoms with Crippen molar-refractivity contribution in [3.63, 3.8) is 0 Å². The average Bonchev–Trinajstić information content (AvgIpc) is 2.49. The Morgan fingerprint density at radius 3 is 2.45 bits per heavy atom. The van der Waals surface area contributed by atoms with E-state index >= 15 is 0 Å². The molecule has 4 heteroatoms. The van der Waals surface area contributed by atoms with E-state index in [-0.39, 0.29) is 6.03 Å². The molecule has 0 atom stereocenters. The Morgan fingerprint density at radius 1 is 1.00 bits per heavy atom. The van der Waals surface area contributed by atoms with E-state index in [4.69, 9.17) is 0 Å². The number of amides is 2. The fraction of sp³-hybridized carbons (Fsp3) is 0.278. The molecule has 0 heterocycles. The van der Waals surface area contributed by atoms with Gasteiger partial charge in [0.1, 0.15) is 0 Å². The number of hydrogen-bond acceptors (Lipinski definition) is 1. The van der Waals surface area contributed by atoms with Gasteiger partial charge in [0, 0.05) is 17.6 Å². The summed E-state index contributed by atoms with van der Waals surface area (Å²) in [5, 5.41) is 5.78. The third kappa shape index (κ3) is 5.53. The highest BCUT2D eigenvalue weighted by molar-refractivity contribution is 9.10. The molecule has 0 fully saturated rings. The van der Waals surface area contributed by atoms with Crippen molar-refractivity contribution in [1.82, 2.24) is 10.6 Å². The van der Waals surface area contributed by atoms with Crippen molar-refractivity contribution in [3.05, 3.63) is 69.7 Å². The van der Waals surface area contributed by atoms with E-state index in [1.165, 1.54) is 16.7 Å². The second kappa shape index (κ2) is 8.59. The van der Waals surface area contributed by atoms with E-state index < -0.39 is 0 Å². The minimum Gasteiger partial charge on any atom is -0.338 e. The normalized spacial score (nSPS) is 10.3. The molecule has 0 aliphatic heterocycles. The summed E-state index contributed by atoms with van der Waals surface area (Å²) < 4.78 is 1.06. The molecule has 22 heavy (non-hydrogen) atoms. The molecule has 0 saturated heterocycles. The van der Waals surface area contributed by atoms with Gasteiger partial charge in [0.25, 0.3) is 0 Å². The van der Waals surface area contributed by atoms with Crippen molar-refractivity contribution in [1.29, 1.82) is 0 Å². The van der Waals surface area contributed by atoms with Crippen molar-refractivity contribution < 1.29 is 4.79 Å². The first kappa shape index (κ1) is 16.6. The van der Waals surface area contributed by atoms with Gasteiger partial charge in [-0.15, -0.1) is 0 Å². The lowest BCUT2D eigenvalue weighted by atomic mass is 10.1. The second-order valence-corrected chi connectivity index (χ2v) is 6.15. The highest BCUT2D eigenvalue weighted by atomic mass is 79.9. The predicted molar refractivity (Wildman–Crippen MR) is 94.1 cm³/mol. The van der Waals surface area contributed by atoms with Crippen LogP contribution in [0.3, 0.4) is 0 Å². The van der Waals surface area contributed by atoms with Gasteiger partial charge in [-0.3, -0.25) is 0 Å². The van der Waals surface area contributed by atoms with E-state index in [1.807, 2.05) is 24.3 Å². The monoisotopic (exact) mass is 360 g/mol. The number of aryl methyl sites for hydroxylation is 1. The molecule has 0 aliphatic rings. The molecule has 0 saturated carbocycles. The Kier molecular flexibility index (Phi) is 6.46. The molecule has 2 rings (SSSR count). The van der Waals surface area contributed by atoms with Crippen molar-refractivity contribution in [2.45, 2.75) is 19.8 Å². The van der Waals surface area contributed by atoms with E-state index in [0.29, 0.717) is 13.1 Å². The second-order valence-electron chi connectivity index (χ2n) is 5.24. The zero-order valence-electron chi connectivity index (χ0n) is 12.7. The van der Waals surface area contributed by atoms with Gasteiger partial charge >= 0.3 is 6.03 Å². The van der Waals surface area contributed by atoms with Crippen molar-refractivity contribution in [2.24, 2.45) is 0 Å². The summed E-state index contributed by atoms with van der Waals surface area (Å²) in [5.74, 6) is 0. The van der Waals surface area contributed by atoms with Gasteiger partial charge in [0.2, 0.25) is 0 Å². The molecule has 2 aromatic carbocycles. The number of halogens is 1. The summed E-state index contributed by atoms with van der Waals surface area (Å²) >= 11 is 3.45. The molecule has 0 aromatic heterocycles. The van der Waals surface area contributed by atoms with Crippen LogP contribution in [0.25, 0.3) is 0 Å². The van der Waals surface area contributed by atoms with Gasteiger partial charge in [-0.1, -0.05) is 52.3 Å². The first-order valence-corrected chi connectivity index (χ1v) is 8.25. The topological polar surface area (TPSA) is 41.1 Å². The molecule has 2 aromatic rings. The zero-order chi connectivity index (χ0) is 15.8. The summed E-state index contributed by atoms with van der Waals surface area (Å²) in [6, 6.07) is 16.3. The molecule has 116 valence electrons. The summed E-state index contributed by atoms with van der Waals surface area (Å²) in [5.41, 5.74) is 3.74. The van der Waals surface area contributed by atoms with Crippen LogP contribution < -0.4 is 10.6 Å².